The summed E-state index contributed by atoms with van der Waals surface area (Å²) in [4.78, 5) is 30.4. The van der Waals surface area contributed by atoms with Crippen molar-refractivity contribution in [3.8, 4) is 11.5 Å². The largest absolute Gasteiger partial charge is 0.436 e. The Morgan fingerprint density at radius 1 is 1.09 bits per heavy atom. The first-order chi connectivity index (χ1) is 16.6. The van der Waals surface area contributed by atoms with Gasteiger partial charge in [0.25, 0.3) is 11.6 Å². The normalized spacial score (nSPS) is 14.2. The first-order valence-corrected chi connectivity index (χ1v) is 11.1. The summed E-state index contributed by atoms with van der Waals surface area (Å²) in [5.41, 5.74) is 3.74. The molecular weight excluding hydrogens is 434 g/mol. The third kappa shape index (κ3) is 4.52. The van der Waals surface area contributed by atoms with Gasteiger partial charge in [0.2, 0.25) is 5.89 Å². The van der Waals surface area contributed by atoms with Crippen molar-refractivity contribution in [3.05, 3.63) is 88.0 Å². The van der Waals surface area contributed by atoms with Crippen LogP contribution in [0.2, 0.25) is 0 Å². The quantitative estimate of drug-likeness (QED) is 0.332. The van der Waals surface area contributed by atoms with E-state index >= 15 is 0 Å². The maximum atomic E-state index is 12.8. The standard InChI is InChI=1S/C25H23N5O4/c31-24(17-5-3-7-19(15-17)30(32)33)27-21-9-2-1-8-20(21)25-28-22-10-4-6-18(23(22)34-25)16-29-13-11-26-12-14-29/h1-10,15,26H,11-14,16H2,(H,27,31). The molecule has 9 nitrogen and oxygen atoms in total. The predicted octanol–water partition coefficient (Wildman–Crippen LogP) is 4.06. The molecule has 1 aliphatic heterocycles. The number of amides is 1. The maximum Gasteiger partial charge on any atom is 0.270 e. The van der Waals surface area contributed by atoms with Gasteiger partial charge in [-0.15, -0.1) is 0 Å². The van der Waals surface area contributed by atoms with Gasteiger partial charge in [-0.25, -0.2) is 4.98 Å². The van der Waals surface area contributed by atoms with Gasteiger partial charge in [-0.2, -0.15) is 0 Å². The average Bonchev–Trinajstić information content (AvgIpc) is 3.30. The van der Waals surface area contributed by atoms with Gasteiger partial charge in [0.1, 0.15) is 5.52 Å². The van der Waals surface area contributed by atoms with Gasteiger partial charge in [0.15, 0.2) is 5.58 Å². The molecule has 0 atom stereocenters. The third-order valence-electron chi connectivity index (χ3n) is 5.82. The number of oxazole rings is 1. The fraction of sp³-hybridized carbons (Fsp3) is 0.200. The van der Waals surface area contributed by atoms with Crippen LogP contribution in [0.5, 0.6) is 0 Å². The molecule has 34 heavy (non-hydrogen) atoms. The predicted molar refractivity (Wildman–Crippen MR) is 129 cm³/mol. The van der Waals surface area contributed by atoms with Crippen LogP contribution in [-0.2, 0) is 6.54 Å². The number of benzene rings is 3. The average molecular weight is 457 g/mol. The van der Waals surface area contributed by atoms with Crippen molar-refractivity contribution in [3.63, 3.8) is 0 Å². The number of nitrogens with zero attached hydrogens (tertiary/aromatic N) is 3. The molecule has 2 N–H and O–H groups in total. The minimum Gasteiger partial charge on any atom is -0.436 e. The van der Waals surface area contributed by atoms with E-state index in [-0.39, 0.29) is 11.3 Å². The Bertz CT molecular complexity index is 1360. The maximum absolute atomic E-state index is 12.8. The molecule has 3 aromatic carbocycles. The first kappa shape index (κ1) is 21.7. The molecule has 1 aromatic heterocycles. The third-order valence-corrected chi connectivity index (χ3v) is 5.82. The highest BCUT2D eigenvalue weighted by Crippen LogP contribution is 2.32. The molecule has 2 heterocycles. The van der Waals surface area contributed by atoms with Crippen LogP contribution in [0, 0.1) is 10.1 Å². The summed E-state index contributed by atoms with van der Waals surface area (Å²) in [6, 6.07) is 18.8. The fourth-order valence-corrected chi connectivity index (χ4v) is 4.09. The van der Waals surface area contributed by atoms with Gasteiger partial charge in [0.05, 0.1) is 16.2 Å². The van der Waals surface area contributed by atoms with Crippen LogP contribution < -0.4 is 10.6 Å². The van der Waals surface area contributed by atoms with E-state index in [1.54, 1.807) is 12.1 Å². The number of hydrogen-bond donors (Lipinski definition) is 2. The SMILES string of the molecule is O=C(Nc1ccccc1-c1nc2cccc(CN3CCNCC3)c2o1)c1cccc([N+](=O)[O-])c1. The molecule has 0 saturated carbocycles. The molecule has 5 rings (SSSR count). The van der Waals surface area contributed by atoms with Crippen molar-refractivity contribution >= 4 is 28.4 Å². The zero-order chi connectivity index (χ0) is 23.5. The highest BCUT2D eigenvalue weighted by molar-refractivity contribution is 6.06. The van der Waals surface area contributed by atoms with E-state index in [2.05, 4.69) is 26.6 Å². The number of carbonyl (C=O) groups is 1. The Hall–Kier alpha value is -4.08. The molecule has 1 amide bonds. The van der Waals surface area contributed by atoms with E-state index in [9.17, 15) is 14.9 Å². The van der Waals surface area contributed by atoms with E-state index in [4.69, 9.17) is 4.42 Å². The van der Waals surface area contributed by atoms with Crippen molar-refractivity contribution in [2.24, 2.45) is 0 Å². The minimum atomic E-state index is -0.527. The van der Waals surface area contributed by atoms with Gasteiger partial charge in [-0.1, -0.05) is 30.3 Å². The Morgan fingerprint density at radius 2 is 1.88 bits per heavy atom. The lowest BCUT2D eigenvalue weighted by Crippen LogP contribution is -2.42. The van der Waals surface area contributed by atoms with Gasteiger partial charge >= 0.3 is 0 Å². The number of hydrogen-bond acceptors (Lipinski definition) is 7. The van der Waals surface area contributed by atoms with Crippen LogP contribution in [0.4, 0.5) is 11.4 Å². The van der Waals surface area contributed by atoms with Crippen molar-refractivity contribution in [2.75, 3.05) is 31.5 Å². The number of nitro benzene ring substituents is 1. The number of anilines is 1. The van der Waals surface area contributed by atoms with Crippen LogP contribution in [0.15, 0.2) is 71.1 Å². The van der Waals surface area contributed by atoms with Crippen molar-refractivity contribution in [2.45, 2.75) is 6.54 Å². The molecule has 1 saturated heterocycles. The topological polar surface area (TPSA) is 114 Å². The molecule has 0 radical (unpaired) electrons. The number of nitrogens with one attached hydrogen (secondary N) is 2. The number of aromatic nitrogens is 1. The lowest BCUT2D eigenvalue weighted by molar-refractivity contribution is -0.384. The van der Waals surface area contributed by atoms with Gasteiger partial charge in [-0.3, -0.25) is 19.8 Å². The molecule has 0 aliphatic carbocycles. The highest BCUT2D eigenvalue weighted by Gasteiger charge is 2.19. The van der Waals surface area contributed by atoms with Gasteiger partial charge < -0.3 is 15.1 Å². The minimum absolute atomic E-state index is 0.142. The number of nitro groups is 1. The Labute approximate surface area is 195 Å². The second-order valence-electron chi connectivity index (χ2n) is 8.12. The smallest absolute Gasteiger partial charge is 0.270 e. The molecule has 0 spiro atoms. The second-order valence-corrected chi connectivity index (χ2v) is 8.12. The molecule has 9 heteroatoms. The number of non-ortho nitro benzene ring substituents is 1. The molecular formula is C25H23N5O4. The number of para-hydroxylation sites is 2. The molecule has 0 unspecified atom stereocenters. The highest BCUT2D eigenvalue weighted by atomic mass is 16.6. The van der Waals surface area contributed by atoms with E-state index in [1.165, 1.54) is 24.3 Å². The number of piperazine rings is 1. The van der Waals surface area contributed by atoms with Crippen LogP contribution in [0.1, 0.15) is 15.9 Å². The van der Waals surface area contributed by atoms with Gasteiger partial charge in [0, 0.05) is 56.0 Å². The zero-order valence-electron chi connectivity index (χ0n) is 18.4. The summed E-state index contributed by atoms with van der Waals surface area (Å²) in [6.07, 6.45) is 0. The van der Waals surface area contributed by atoms with Crippen LogP contribution in [0.3, 0.4) is 0 Å². The zero-order valence-corrected chi connectivity index (χ0v) is 18.4. The molecule has 0 bridgehead atoms. The Morgan fingerprint density at radius 3 is 2.71 bits per heavy atom. The van der Waals surface area contributed by atoms with Crippen LogP contribution in [-0.4, -0.2) is 46.9 Å². The van der Waals surface area contributed by atoms with E-state index < -0.39 is 10.8 Å². The number of carbonyl (C=O) groups excluding carboxylic acids is 1. The van der Waals surface area contributed by atoms with Crippen LogP contribution >= 0.6 is 0 Å². The van der Waals surface area contributed by atoms with Gasteiger partial charge in [-0.05, 0) is 24.3 Å². The summed E-state index contributed by atoms with van der Waals surface area (Å²) in [6.45, 7) is 4.66. The Balaban J connectivity index is 1.44. The van der Waals surface area contributed by atoms with E-state index in [1.807, 2.05) is 24.3 Å². The summed E-state index contributed by atoms with van der Waals surface area (Å²) in [7, 11) is 0. The lowest BCUT2D eigenvalue weighted by Gasteiger charge is -2.27. The number of fused-ring (bicyclic) bond motifs is 1. The van der Waals surface area contributed by atoms with E-state index in [0.29, 0.717) is 17.1 Å². The number of rotatable bonds is 6. The second kappa shape index (κ2) is 9.42. The summed E-state index contributed by atoms with van der Waals surface area (Å²) < 4.78 is 6.21. The molecule has 172 valence electrons. The Kier molecular flexibility index (Phi) is 6.03. The van der Waals surface area contributed by atoms with Crippen molar-refractivity contribution in [1.29, 1.82) is 0 Å². The van der Waals surface area contributed by atoms with E-state index in [0.717, 1.165) is 49.4 Å². The molecule has 4 aromatic rings. The summed E-state index contributed by atoms with van der Waals surface area (Å²) >= 11 is 0. The van der Waals surface area contributed by atoms with Crippen molar-refractivity contribution < 1.29 is 14.1 Å². The fourth-order valence-electron chi connectivity index (χ4n) is 4.09. The molecule has 1 fully saturated rings. The summed E-state index contributed by atoms with van der Waals surface area (Å²) in [5.74, 6) is -0.0515. The van der Waals surface area contributed by atoms with Crippen LogP contribution in [0.25, 0.3) is 22.6 Å². The summed E-state index contributed by atoms with van der Waals surface area (Å²) in [5, 5.41) is 17.3. The van der Waals surface area contributed by atoms with Crippen molar-refractivity contribution in [1.82, 2.24) is 15.2 Å². The molecule has 1 aliphatic rings. The lowest BCUT2D eigenvalue weighted by atomic mass is 10.1. The monoisotopic (exact) mass is 457 g/mol. The first-order valence-electron chi connectivity index (χ1n) is 11.1.